The maximum absolute atomic E-state index is 13.3. The zero-order valence-electron chi connectivity index (χ0n) is 20.3. The average Bonchev–Trinajstić information content (AvgIpc) is 2.91. The third-order valence-corrected chi connectivity index (χ3v) is 6.93. The molecule has 0 spiro atoms. The van der Waals surface area contributed by atoms with E-state index in [4.69, 9.17) is 9.47 Å². The Balaban J connectivity index is 1.49. The Bertz CT molecular complexity index is 1390. The Kier molecular flexibility index (Phi) is 8.56. The van der Waals surface area contributed by atoms with Crippen LogP contribution in [-0.2, 0) is 21.2 Å². The number of hydrogen-bond donors (Lipinski definition) is 2. The molecule has 1 atom stereocenters. The first-order valence-electron chi connectivity index (χ1n) is 11.9. The van der Waals surface area contributed by atoms with Crippen LogP contribution in [0.15, 0.2) is 114 Å². The van der Waals surface area contributed by atoms with Gasteiger partial charge >= 0.3 is 0 Å². The van der Waals surface area contributed by atoms with Gasteiger partial charge < -0.3 is 14.8 Å². The van der Waals surface area contributed by atoms with E-state index in [0.717, 1.165) is 5.56 Å². The maximum atomic E-state index is 13.3. The van der Waals surface area contributed by atoms with Crippen LogP contribution in [0.25, 0.3) is 0 Å². The molecule has 0 aliphatic carbocycles. The molecule has 1 unspecified atom stereocenters. The van der Waals surface area contributed by atoms with Crippen molar-refractivity contribution in [3.63, 3.8) is 0 Å². The number of benzene rings is 4. The predicted octanol–water partition coefficient (Wildman–Crippen LogP) is 5.41. The Labute approximate surface area is 217 Å². The number of sulfonamides is 1. The smallest absolute Gasteiger partial charge is 0.242 e. The van der Waals surface area contributed by atoms with Gasteiger partial charge in [-0.25, -0.2) is 8.42 Å². The second-order valence-electron chi connectivity index (χ2n) is 8.20. The molecule has 0 saturated carbocycles. The van der Waals surface area contributed by atoms with Crippen LogP contribution in [0.2, 0.25) is 0 Å². The molecule has 4 aromatic rings. The molecule has 0 heterocycles. The topological polar surface area (TPSA) is 93.7 Å². The molecular formula is C29H28N2O5S. The quantitative estimate of drug-likeness (QED) is 0.278. The van der Waals surface area contributed by atoms with Gasteiger partial charge in [-0.3, -0.25) is 4.79 Å². The molecule has 190 valence electrons. The lowest BCUT2D eigenvalue weighted by Gasteiger charge is -2.19. The molecule has 4 aromatic carbocycles. The minimum Gasteiger partial charge on any atom is -0.494 e. The highest BCUT2D eigenvalue weighted by molar-refractivity contribution is 7.89. The maximum Gasteiger partial charge on any atom is 0.242 e. The summed E-state index contributed by atoms with van der Waals surface area (Å²) in [6.45, 7) is 2.33. The Morgan fingerprint density at radius 1 is 0.757 bits per heavy atom. The third kappa shape index (κ3) is 7.42. The van der Waals surface area contributed by atoms with Gasteiger partial charge in [-0.1, -0.05) is 48.5 Å². The van der Waals surface area contributed by atoms with Crippen LogP contribution < -0.4 is 19.5 Å². The highest BCUT2D eigenvalue weighted by atomic mass is 32.2. The van der Waals surface area contributed by atoms with Crippen molar-refractivity contribution >= 4 is 21.6 Å². The number of carbonyl (C=O) groups is 1. The summed E-state index contributed by atoms with van der Waals surface area (Å²) in [5.74, 6) is 1.40. The van der Waals surface area contributed by atoms with Crippen LogP contribution in [0.1, 0.15) is 12.5 Å². The van der Waals surface area contributed by atoms with E-state index < -0.39 is 22.0 Å². The zero-order chi connectivity index (χ0) is 26.1. The molecule has 0 aromatic heterocycles. The van der Waals surface area contributed by atoms with Crippen molar-refractivity contribution in [3.8, 4) is 17.2 Å². The number of amides is 1. The van der Waals surface area contributed by atoms with Crippen LogP contribution in [-0.4, -0.2) is 27.0 Å². The summed E-state index contributed by atoms with van der Waals surface area (Å²) in [5, 5.41) is 2.81. The highest BCUT2D eigenvalue weighted by Crippen LogP contribution is 2.23. The average molecular weight is 517 g/mol. The molecule has 7 nitrogen and oxygen atoms in total. The summed E-state index contributed by atoms with van der Waals surface area (Å²) in [5.41, 5.74) is 1.34. The Morgan fingerprint density at radius 3 is 1.95 bits per heavy atom. The minimum atomic E-state index is -3.98. The fourth-order valence-electron chi connectivity index (χ4n) is 3.63. The van der Waals surface area contributed by atoms with E-state index in [9.17, 15) is 13.2 Å². The van der Waals surface area contributed by atoms with E-state index >= 15 is 0 Å². The van der Waals surface area contributed by atoms with Crippen molar-refractivity contribution in [1.29, 1.82) is 0 Å². The van der Waals surface area contributed by atoms with Gasteiger partial charge in [-0.15, -0.1) is 0 Å². The van der Waals surface area contributed by atoms with Crippen LogP contribution in [0.5, 0.6) is 17.2 Å². The van der Waals surface area contributed by atoms with E-state index in [2.05, 4.69) is 10.0 Å². The van der Waals surface area contributed by atoms with Gasteiger partial charge in [0.2, 0.25) is 15.9 Å². The van der Waals surface area contributed by atoms with Crippen LogP contribution in [0.4, 0.5) is 5.69 Å². The molecule has 2 N–H and O–H groups in total. The number of carbonyl (C=O) groups excluding carboxylic acids is 1. The molecule has 0 aliphatic rings. The predicted molar refractivity (Wildman–Crippen MR) is 143 cm³/mol. The fraction of sp³-hybridized carbons (Fsp3) is 0.138. The van der Waals surface area contributed by atoms with E-state index in [1.165, 1.54) is 12.1 Å². The van der Waals surface area contributed by atoms with Gasteiger partial charge in [0, 0.05) is 5.69 Å². The number of nitrogens with one attached hydrogen (secondary N) is 2. The molecule has 0 aliphatic heterocycles. The first kappa shape index (κ1) is 25.9. The second-order valence-corrected chi connectivity index (χ2v) is 9.91. The summed E-state index contributed by atoms with van der Waals surface area (Å²) >= 11 is 0. The lowest BCUT2D eigenvalue weighted by molar-refractivity contribution is -0.117. The van der Waals surface area contributed by atoms with Crippen molar-refractivity contribution < 1.29 is 22.7 Å². The second kappa shape index (κ2) is 12.2. The third-order valence-electron chi connectivity index (χ3n) is 5.44. The summed E-state index contributed by atoms with van der Waals surface area (Å²) in [6.07, 6.45) is 0.179. The monoisotopic (exact) mass is 516 g/mol. The van der Waals surface area contributed by atoms with E-state index in [-0.39, 0.29) is 11.3 Å². The zero-order valence-corrected chi connectivity index (χ0v) is 21.1. The molecule has 1 amide bonds. The van der Waals surface area contributed by atoms with Gasteiger partial charge in [-0.2, -0.15) is 4.72 Å². The fourth-order valence-corrected chi connectivity index (χ4v) is 4.83. The largest absolute Gasteiger partial charge is 0.494 e. The van der Waals surface area contributed by atoms with Crippen molar-refractivity contribution in [2.75, 3.05) is 11.9 Å². The molecule has 37 heavy (non-hydrogen) atoms. The van der Waals surface area contributed by atoms with Crippen LogP contribution in [0, 0.1) is 0 Å². The van der Waals surface area contributed by atoms with Crippen LogP contribution in [0.3, 0.4) is 0 Å². The number of ether oxygens (including phenoxy) is 2. The Morgan fingerprint density at radius 2 is 1.32 bits per heavy atom. The molecular weight excluding hydrogens is 488 g/mol. The lowest BCUT2D eigenvalue weighted by Crippen LogP contribution is -2.45. The first-order valence-corrected chi connectivity index (χ1v) is 13.3. The first-order chi connectivity index (χ1) is 17.9. The van der Waals surface area contributed by atoms with E-state index in [0.29, 0.717) is 29.5 Å². The van der Waals surface area contributed by atoms with Crippen molar-refractivity contribution in [3.05, 3.63) is 115 Å². The summed E-state index contributed by atoms with van der Waals surface area (Å²) < 4.78 is 40.0. The highest BCUT2D eigenvalue weighted by Gasteiger charge is 2.26. The summed E-state index contributed by atoms with van der Waals surface area (Å²) in [7, 11) is -3.98. The number of rotatable bonds is 11. The molecule has 0 fully saturated rings. The number of para-hydroxylation sites is 1. The summed E-state index contributed by atoms with van der Waals surface area (Å²) in [6, 6.07) is 30.5. The standard InChI is InChI=1S/C29H28N2O5S/c1-2-35-24-17-19-27(20-18-24)37(33,34)31-28(21-22-9-5-3-6-10-22)29(32)30-23-13-15-26(16-14-23)36-25-11-7-4-8-12-25/h3-20,28,31H,2,21H2,1H3,(H,30,32). The molecule has 4 rings (SSSR count). The minimum absolute atomic E-state index is 0.0456. The van der Waals surface area contributed by atoms with Gasteiger partial charge in [0.15, 0.2) is 0 Å². The van der Waals surface area contributed by atoms with E-state index in [1.807, 2.05) is 67.6 Å². The van der Waals surface area contributed by atoms with E-state index in [1.54, 1.807) is 36.4 Å². The van der Waals surface area contributed by atoms with Crippen molar-refractivity contribution in [1.82, 2.24) is 4.72 Å². The number of anilines is 1. The van der Waals surface area contributed by atoms with Crippen molar-refractivity contribution in [2.24, 2.45) is 0 Å². The summed E-state index contributed by atoms with van der Waals surface area (Å²) in [4.78, 5) is 13.3. The molecule has 0 radical (unpaired) electrons. The molecule has 8 heteroatoms. The van der Waals surface area contributed by atoms with Crippen LogP contribution >= 0.6 is 0 Å². The van der Waals surface area contributed by atoms with Gasteiger partial charge in [0.25, 0.3) is 0 Å². The molecule has 0 bridgehead atoms. The van der Waals surface area contributed by atoms with Gasteiger partial charge in [0.1, 0.15) is 23.3 Å². The van der Waals surface area contributed by atoms with Gasteiger partial charge in [-0.05, 0) is 79.6 Å². The van der Waals surface area contributed by atoms with Gasteiger partial charge in [0.05, 0.1) is 11.5 Å². The number of hydrogen-bond acceptors (Lipinski definition) is 5. The Hall–Kier alpha value is -4.14. The lowest BCUT2D eigenvalue weighted by atomic mass is 10.1. The van der Waals surface area contributed by atoms with Crippen molar-refractivity contribution in [2.45, 2.75) is 24.3 Å². The molecule has 0 saturated heterocycles. The normalized spacial score (nSPS) is 11.9. The SMILES string of the molecule is CCOc1ccc(S(=O)(=O)NC(Cc2ccccc2)C(=O)Nc2ccc(Oc3ccccc3)cc2)cc1.